The van der Waals surface area contributed by atoms with Crippen LogP contribution in [0.15, 0.2) is 12.2 Å². The molecule has 2 heterocycles. The van der Waals surface area contributed by atoms with Gasteiger partial charge in [-0.05, 0) is 25.7 Å². The molecule has 6 heteroatoms. The number of carboxylic acid groups (broad SMARTS) is 1. The minimum Gasteiger partial charge on any atom is -0.481 e. The molecule has 120 valence electrons. The van der Waals surface area contributed by atoms with Gasteiger partial charge in [0.2, 0.25) is 11.8 Å². The van der Waals surface area contributed by atoms with Crippen LogP contribution >= 0.6 is 0 Å². The summed E-state index contributed by atoms with van der Waals surface area (Å²) in [5, 5.41) is 9.45. The van der Waals surface area contributed by atoms with E-state index < -0.39 is 17.4 Å². The largest absolute Gasteiger partial charge is 0.481 e. The molecule has 0 radical (unpaired) electrons. The highest BCUT2D eigenvalue weighted by atomic mass is 16.4. The van der Waals surface area contributed by atoms with Gasteiger partial charge in [0.25, 0.3) is 0 Å². The van der Waals surface area contributed by atoms with Gasteiger partial charge in [-0.2, -0.15) is 0 Å². The van der Waals surface area contributed by atoms with Crippen molar-refractivity contribution >= 4 is 17.8 Å². The standard InChI is InChI=1S/C16H22N2O4/c1-17-13(19)10-12(15(21)22)16(17)6-8-18(9-7-16)14(20)11-4-2-3-5-11/h2-3,11-12H,4-10H2,1H3,(H,21,22)/t12-/m1/s1. The van der Waals surface area contributed by atoms with Gasteiger partial charge >= 0.3 is 5.97 Å². The second kappa shape index (κ2) is 5.41. The number of carboxylic acids is 1. The van der Waals surface area contributed by atoms with Crippen molar-refractivity contribution in [3.8, 4) is 0 Å². The zero-order valence-corrected chi connectivity index (χ0v) is 12.8. The number of likely N-dealkylation sites (tertiary alicyclic amines) is 2. The van der Waals surface area contributed by atoms with Crippen LogP contribution in [0.4, 0.5) is 0 Å². The molecule has 22 heavy (non-hydrogen) atoms. The minimum absolute atomic E-state index is 0.0484. The van der Waals surface area contributed by atoms with Crippen molar-refractivity contribution < 1.29 is 19.5 Å². The molecule has 1 aliphatic carbocycles. The zero-order valence-electron chi connectivity index (χ0n) is 12.8. The summed E-state index contributed by atoms with van der Waals surface area (Å²) >= 11 is 0. The number of allylic oxidation sites excluding steroid dienone is 2. The number of piperidine rings is 1. The molecule has 0 aromatic rings. The fourth-order valence-corrected chi connectivity index (χ4v) is 4.18. The molecule has 6 nitrogen and oxygen atoms in total. The van der Waals surface area contributed by atoms with Crippen molar-refractivity contribution in [1.82, 2.24) is 9.80 Å². The second-order valence-corrected chi connectivity index (χ2v) is 6.62. The van der Waals surface area contributed by atoms with Gasteiger partial charge in [-0.1, -0.05) is 12.2 Å². The Morgan fingerprint density at radius 3 is 2.36 bits per heavy atom. The molecule has 1 spiro atoms. The number of amides is 2. The van der Waals surface area contributed by atoms with Gasteiger partial charge in [0.1, 0.15) is 0 Å². The number of carbonyl (C=O) groups excluding carboxylic acids is 2. The van der Waals surface area contributed by atoms with Crippen molar-refractivity contribution in [2.45, 2.75) is 37.6 Å². The Bertz CT molecular complexity index is 526. The van der Waals surface area contributed by atoms with E-state index in [4.69, 9.17) is 0 Å². The first-order chi connectivity index (χ1) is 10.5. The lowest BCUT2D eigenvalue weighted by Gasteiger charge is -2.45. The monoisotopic (exact) mass is 306 g/mol. The van der Waals surface area contributed by atoms with Gasteiger partial charge < -0.3 is 14.9 Å². The topological polar surface area (TPSA) is 77.9 Å². The molecule has 0 aromatic carbocycles. The van der Waals surface area contributed by atoms with Crippen molar-refractivity contribution in [1.29, 1.82) is 0 Å². The maximum absolute atomic E-state index is 12.5. The number of hydrogen-bond donors (Lipinski definition) is 1. The van der Waals surface area contributed by atoms with E-state index in [1.807, 2.05) is 17.1 Å². The number of carbonyl (C=O) groups is 3. The summed E-state index contributed by atoms with van der Waals surface area (Å²) < 4.78 is 0. The molecule has 1 atom stereocenters. The van der Waals surface area contributed by atoms with Gasteiger partial charge in [0, 0.05) is 32.5 Å². The number of hydrogen-bond acceptors (Lipinski definition) is 3. The molecule has 2 amide bonds. The quantitative estimate of drug-likeness (QED) is 0.768. The Labute approximate surface area is 129 Å². The van der Waals surface area contributed by atoms with Crippen molar-refractivity contribution in [2.24, 2.45) is 11.8 Å². The number of nitrogens with zero attached hydrogens (tertiary/aromatic N) is 2. The molecule has 2 aliphatic heterocycles. The first kappa shape index (κ1) is 15.1. The predicted octanol–water partition coefficient (Wildman–Crippen LogP) is 0.877. The Hall–Kier alpha value is -1.85. The van der Waals surface area contributed by atoms with Crippen LogP contribution in [0.1, 0.15) is 32.1 Å². The van der Waals surface area contributed by atoms with Gasteiger partial charge in [0.05, 0.1) is 11.5 Å². The number of aliphatic carboxylic acids is 1. The van der Waals surface area contributed by atoms with Crippen molar-refractivity contribution in [3.63, 3.8) is 0 Å². The maximum Gasteiger partial charge on any atom is 0.309 e. The van der Waals surface area contributed by atoms with E-state index in [1.54, 1.807) is 11.9 Å². The van der Waals surface area contributed by atoms with Gasteiger partial charge in [-0.15, -0.1) is 0 Å². The SMILES string of the molecule is CN1C(=O)C[C@H](C(=O)O)C12CCN(C(=O)C1CC=CC1)CC2. The highest BCUT2D eigenvalue weighted by Crippen LogP contribution is 2.43. The van der Waals surface area contributed by atoms with E-state index in [9.17, 15) is 19.5 Å². The van der Waals surface area contributed by atoms with E-state index in [0.717, 1.165) is 12.8 Å². The summed E-state index contributed by atoms with van der Waals surface area (Å²) in [6.07, 6.45) is 6.87. The molecule has 1 N–H and O–H groups in total. The molecule has 2 saturated heterocycles. The smallest absolute Gasteiger partial charge is 0.309 e. The van der Waals surface area contributed by atoms with Crippen LogP contribution in [0.25, 0.3) is 0 Å². The summed E-state index contributed by atoms with van der Waals surface area (Å²) in [5.74, 6) is -1.45. The summed E-state index contributed by atoms with van der Waals surface area (Å²) in [6, 6.07) is 0. The average Bonchev–Trinajstić information content (AvgIpc) is 3.11. The summed E-state index contributed by atoms with van der Waals surface area (Å²) in [5.41, 5.74) is -0.617. The molecular formula is C16H22N2O4. The van der Waals surface area contributed by atoms with E-state index in [1.165, 1.54) is 0 Å². The molecule has 3 aliphatic rings. The van der Waals surface area contributed by atoms with E-state index in [0.29, 0.717) is 25.9 Å². The van der Waals surface area contributed by atoms with Crippen LogP contribution in [0.5, 0.6) is 0 Å². The predicted molar refractivity (Wildman–Crippen MR) is 78.9 cm³/mol. The maximum atomic E-state index is 12.5. The van der Waals surface area contributed by atoms with Crippen LogP contribution in [0.3, 0.4) is 0 Å². The minimum atomic E-state index is -0.905. The van der Waals surface area contributed by atoms with Crippen LogP contribution in [-0.2, 0) is 14.4 Å². The van der Waals surface area contributed by atoms with Crippen molar-refractivity contribution in [3.05, 3.63) is 12.2 Å². The van der Waals surface area contributed by atoms with E-state index >= 15 is 0 Å². The Kier molecular flexibility index (Phi) is 3.70. The molecule has 0 saturated carbocycles. The molecule has 0 aromatic heterocycles. The fraction of sp³-hybridized carbons (Fsp3) is 0.688. The summed E-state index contributed by atoms with van der Waals surface area (Å²) in [4.78, 5) is 39.4. The molecule has 2 fully saturated rings. The highest BCUT2D eigenvalue weighted by Gasteiger charge is 2.55. The average molecular weight is 306 g/mol. The normalized spacial score (nSPS) is 27.9. The number of rotatable bonds is 2. The summed E-state index contributed by atoms with van der Waals surface area (Å²) in [6.45, 7) is 1.08. The molecular weight excluding hydrogens is 284 g/mol. The molecule has 3 rings (SSSR count). The summed E-state index contributed by atoms with van der Waals surface area (Å²) in [7, 11) is 1.70. The molecule has 0 unspecified atom stereocenters. The van der Waals surface area contributed by atoms with Gasteiger partial charge in [-0.3, -0.25) is 14.4 Å². The lowest BCUT2D eigenvalue weighted by atomic mass is 9.77. The lowest BCUT2D eigenvalue weighted by molar-refractivity contribution is -0.147. The van der Waals surface area contributed by atoms with Crippen molar-refractivity contribution in [2.75, 3.05) is 20.1 Å². The van der Waals surface area contributed by atoms with E-state index in [-0.39, 0.29) is 24.2 Å². The third-order valence-corrected chi connectivity index (χ3v) is 5.67. The highest BCUT2D eigenvalue weighted by molar-refractivity contribution is 5.88. The zero-order chi connectivity index (χ0) is 15.9. The Morgan fingerprint density at radius 2 is 1.82 bits per heavy atom. The van der Waals surface area contributed by atoms with Crippen LogP contribution in [-0.4, -0.2) is 58.4 Å². The van der Waals surface area contributed by atoms with E-state index in [2.05, 4.69) is 0 Å². The Morgan fingerprint density at radius 1 is 1.23 bits per heavy atom. The fourth-order valence-electron chi connectivity index (χ4n) is 4.18. The van der Waals surface area contributed by atoms with Crippen LogP contribution < -0.4 is 0 Å². The first-order valence-electron chi connectivity index (χ1n) is 7.89. The van der Waals surface area contributed by atoms with Gasteiger partial charge in [0.15, 0.2) is 0 Å². The lowest BCUT2D eigenvalue weighted by Crippen LogP contribution is -2.57. The Balaban J connectivity index is 1.70. The first-order valence-corrected chi connectivity index (χ1v) is 7.89. The third-order valence-electron chi connectivity index (χ3n) is 5.67. The third kappa shape index (κ3) is 2.21. The van der Waals surface area contributed by atoms with Gasteiger partial charge in [-0.25, -0.2) is 0 Å². The van der Waals surface area contributed by atoms with Crippen LogP contribution in [0.2, 0.25) is 0 Å². The van der Waals surface area contributed by atoms with Crippen LogP contribution in [0, 0.1) is 11.8 Å². The second-order valence-electron chi connectivity index (χ2n) is 6.62. The molecule has 0 bridgehead atoms.